The number of rotatable bonds is 0. The van der Waals surface area contributed by atoms with Crippen LogP contribution >= 0.6 is 0 Å². The van der Waals surface area contributed by atoms with Crippen molar-refractivity contribution in [1.29, 1.82) is 0 Å². The Morgan fingerprint density at radius 1 is 0.778 bits per heavy atom. The molecule has 0 aliphatic heterocycles. The van der Waals surface area contributed by atoms with Crippen LogP contribution in [0.15, 0.2) is 0 Å². The predicted octanol–water partition coefficient (Wildman–Crippen LogP) is 2.38. The lowest BCUT2D eigenvalue weighted by Gasteiger charge is -2.13. The summed E-state index contributed by atoms with van der Waals surface area (Å²) < 4.78 is 0. The molecule has 0 aromatic heterocycles. The molecule has 0 spiro atoms. The van der Waals surface area contributed by atoms with Gasteiger partial charge in [-0.05, 0) is 12.8 Å². The molecule has 0 amide bonds. The van der Waals surface area contributed by atoms with E-state index in [1.807, 2.05) is 0 Å². The van der Waals surface area contributed by atoms with Gasteiger partial charge in [0, 0.05) is 6.04 Å². The van der Waals surface area contributed by atoms with Crippen LogP contribution in [0.2, 0.25) is 0 Å². The van der Waals surface area contributed by atoms with Crippen LogP contribution in [0.3, 0.4) is 0 Å². The fourth-order valence-corrected chi connectivity index (χ4v) is 1.46. The number of hydrogen-bond acceptors (Lipinski definition) is 0. The molecule has 1 saturated carbocycles. The molecule has 0 saturated heterocycles. The first-order valence-corrected chi connectivity index (χ1v) is 4.11. The first-order valence-electron chi connectivity index (χ1n) is 4.11. The highest BCUT2D eigenvalue weighted by atomic mass is 14.6. The molecule has 1 aliphatic rings. The standard InChI is InChI=1S/C8H16N/c9-8-6-4-2-1-3-5-7-8/h8-9H,1-7H2. The monoisotopic (exact) mass is 126 g/mol. The second-order valence-corrected chi connectivity index (χ2v) is 3.04. The first-order chi connectivity index (χ1) is 4.39. The van der Waals surface area contributed by atoms with E-state index >= 15 is 0 Å². The van der Waals surface area contributed by atoms with E-state index in [4.69, 9.17) is 5.73 Å². The van der Waals surface area contributed by atoms with Crippen molar-refractivity contribution >= 4 is 0 Å². The second kappa shape index (κ2) is 3.89. The molecule has 0 aromatic rings. The zero-order chi connectivity index (χ0) is 6.53. The van der Waals surface area contributed by atoms with Gasteiger partial charge in [-0.2, -0.15) is 0 Å². The summed E-state index contributed by atoms with van der Waals surface area (Å²) in [7, 11) is 0. The topological polar surface area (TPSA) is 23.8 Å². The third kappa shape index (κ3) is 2.85. The van der Waals surface area contributed by atoms with Gasteiger partial charge in [-0.3, -0.25) is 5.73 Å². The average Bonchev–Trinajstić information content (AvgIpc) is 1.79. The molecule has 9 heavy (non-hydrogen) atoms. The van der Waals surface area contributed by atoms with Crippen LogP contribution < -0.4 is 5.73 Å². The zero-order valence-electron chi connectivity index (χ0n) is 6.03. The van der Waals surface area contributed by atoms with Crippen molar-refractivity contribution in [2.24, 2.45) is 0 Å². The lowest BCUT2D eigenvalue weighted by atomic mass is 9.98. The molecule has 0 heterocycles. The van der Waals surface area contributed by atoms with Gasteiger partial charge in [-0.1, -0.05) is 32.1 Å². The minimum atomic E-state index is 0.269. The van der Waals surface area contributed by atoms with Crippen molar-refractivity contribution in [2.45, 2.75) is 51.0 Å². The van der Waals surface area contributed by atoms with Gasteiger partial charge in [-0.25, -0.2) is 0 Å². The van der Waals surface area contributed by atoms with Crippen molar-refractivity contribution in [3.8, 4) is 0 Å². The van der Waals surface area contributed by atoms with Gasteiger partial charge >= 0.3 is 0 Å². The Bertz CT molecular complexity index is 63.0. The van der Waals surface area contributed by atoms with Crippen LogP contribution in [0.1, 0.15) is 44.9 Å². The van der Waals surface area contributed by atoms with E-state index in [0.717, 1.165) is 12.8 Å². The summed E-state index contributed by atoms with van der Waals surface area (Å²) in [6, 6.07) is 0.269. The van der Waals surface area contributed by atoms with Crippen LogP contribution in [0.25, 0.3) is 0 Å². The summed E-state index contributed by atoms with van der Waals surface area (Å²) in [5.74, 6) is 0. The maximum Gasteiger partial charge on any atom is 0.0213 e. The highest BCUT2D eigenvalue weighted by Gasteiger charge is 2.05. The minimum absolute atomic E-state index is 0.269. The number of nitrogens with one attached hydrogen (secondary N) is 1. The second-order valence-electron chi connectivity index (χ2n) is 3.04. The molecule has 0 aromatic carbocycles. The highest BCUT2D eigenvalue weighted by Crippen LogP contribution is 2.15. The molecule has 1 heteroatoms. The summed E-state index contributed by atoms with van der Waals surface area (Å²) in [6.07, 6.45) is 9.06. The van der Waals surface area contributed by atoms with Gasteiger partial charge in [0.15, 0.2) is 0 Å². The average molecular weight is 126 g/mol. The van der Waals surface area contributed by atoms with Crippen LogP contribution in [0, 0.1) is 0 Å². The Labute approximate surface area is 57.6 Å². The Morgan fingerprint density at radius 2 is 1.22 bits per heavy atom. The summed E-state index contributed by atoms with van der Waals surface area (Å²) in [6.45, 7) is 0. The minimum Gasteiger partial charge on any atom is -0.255 e. The molecular formula is C8H16N. The van der Waals surface area contributed by atoms with Crippen LogP contribution in [-0.2, 0) is 0 Å². The van der Waals surface area contributed by atoms with Crippen LogP contribution in [-0.4, -0.2) is 6.04 Å². The molecule has 1 N–H and O–H groups in total. The SMILES string of the molecule is [NH]C1CCCCCCC1. The molecular weight excluding hydrogens is 110 g/mol. The molecule has 1 fully saturated rings. The Kier molecular flexibility index (Phi) is 3.05. The quantitative estimate of drug-likeness (QED) is 0.476. The summed E-state index contributed by atoms with van der Waals surface area (Å²) in [5, 5.41) is 0. The smallest absolute Gasteiger partial charge is 0.0213 e. The Hall–Kier alpha value is -0.0400. The fraction of sp³-hybridized carbons (Fsp3) is 1.00. The first kappa shape index (κ1) is 7.07. The van der Waals surface area contributed by atoms with E-state index in [9.17, 15) is 0 Å². The molecule has 0 bridgehead atoms. The fourth-order valence-electron chi connectivity index (χ4n) is 1.46. The lowest BCUT2D eigenvalue weighted by Crippen LogP contribution is -2.09. The molecule has 0 atom stereocenters. The van der Waals surface area contributed by atoms with Crippen molar-refractivity contribution in [3.63, 3.8) is 0 Å². The van der Waals surface area contributed by atoms with E-state index in [0.29, 0.717) is 0 Å². The van der Waals surface area contributed by atoms with E-state index < -0.39 is 0 Å². The molecule has 53 valence electrons. The molecule has 1 rings (SSSR count). The van der Waals surface area contributed by atoms with Gasteiger partial charge < -0.3 is 0 Å². The Morgan fingerprint density at radius 3 is 1.78 bits per heavy atom. The van der Waals surface area contributed by atoms with Gasteiger partial charge in [0.25, 0.3) is 0 Å². The summed E-state index contributed by atoms with van der Waals surface area (Å²) in [4.78, 5) is 0. The molecule has 1 aliphatic carbocycles. The predicted molar refractivity (Wildman–Crippen MR) is 39.2 cm³/mol. The third-order valence-corrected chi connectivity index (χ3v) is 2.11. The van der Waals surface area contributed by atoms with Crippen molar-refractivity contribution < 1.29 is 0 Å². The summed E-state index contributed by atoms with van der Waals surface area (Å²) >= 11 is 0. The van der Waals surface area contributed by atoms with Crippen molar-refractivity contribution in [3.05, 3.63) is 0 Å². The van der Waals surface area contributed by atoms with Gasteiger partial charge in [0.05, 0.1) is 0 Å². The van der Waals surface area contributed by atoms with Gasteiger partial charge in [-0.15, -0.1) is 0 Å². The molecule has 1 radical (unpaired) electrons. The van der Waals surface area contributed by atoms with Crippen LogP contribution in [0.4, 0.5) is 0 Å². The Balaban J connectivity index is 2.12. The highest BCUT2D eigenvalue weighted by molar-refractivity contribution is 4.63. The van der Waals surface area contributed by atoms with Crippen LogP contribution in [0.5, 0.6) is 0 Å². The molecule has 1 nitrogen and oxygen atoms in total. The largest absolute Gasteiger partial charge is 0.255 e. The normalized spacial score (nSPS) is 25.0. The molecule has 0 unspecified atom stereocenters. The van der Waals surface area contributed by atoms with E-state index in [1.54, 1.807) is 0 Å². The maximum absolute atomic E-state index is 7.51. The van der Waals surface area contributed by atoms with Crippen molar-refractivity contribution in [2.75, 3.05) is 0 Å². The van der Waals surface area contributed by atoms with E-state index in [2.05, 4.69) is 0 Å². The lowest BCUT2D eigenvalue weighted by molar-refractivity contribution is 0.446. The van der Waals surface area contributed by atoms with E-state index in [-0.39, 0.29) is 6.04 Å². The summed E-state index contributed by atoms with van der Waals surface area (Å²) in [5.41, 5.74) is 7.51. The zero-order valence-corrected chi connectivity index (χ0v) is 6.03. The van der Waals surface area contributed by atoms with Crippen molar-refractivity contribution in [1.82, 2.24) is 5.73 Å². The van der Waals surface area contributed by atoms with Gasteiger partial charge in [0.2, 0.25) is 0 Å². The van der Waals surface area contributed by atoms with Gasteiger partial charge in [0.1, 0.15) is 0 Å². The van der Waals surface area contributed by atoms with E-state index in [1.165, 1.54) is 32.1 Å². The maximum atomic E-state index is 7.51. The number of hydrogen-bond donors (Lipinski definition) is 0. The third-order valence-electron chi connectivity index (χ3n) is 2.11.